The second-order valence-corrected chi connectivity index (χ2v) is 12.2. The summed E-state index contributed by atoms with van der Waals surface area (Å²) >= 11 is 1.61. The molecule has 3 N–H and O–H groups in total. The molecule has 0 spiro atoms. The Morgan fingerprint density at radius 1 is 0.848 bits per heavy atom. The number of hydrogen-bond acceptors (Lipinski definition) is 8. The summed E-state index contributed by atoms with van der Waals surface area (Å²) in [5.74, 6) is -0.609. The largest absolute Gasteiger partial charge is 0.478 e. The van der Waals surface area contributed by atoms with E-state index in [4.69, 9.17) is 9.47 Å². The smallest absolute Gasteiger partial charge is 0.335 e. The van der Waals surface area contributed by atoms with Gasteiger partial charge in [0.2, 0.25) is 0 Å². The maximum atomic E-state index is 12.8. The molecule has 1 saturated heterocycles. The molecule has 9 nitrogen and oxygen atoms in total. The number of carbonyl (C=O) groups excluding carboxylic acids is 1. The van der Waals surface area contributed by atoms with Crippen LogP contribution in [0.5, 0.6) is 0 Å². The molecule has 0 saturated carbocycles. The van der Waals surface area contributed by atoms with Crippen LogP contribution < -0.4 is 5.32 Å². The SMILES string of the molecule is CC1C(CSc2ccc(C(=O)O)cc2)OC(c2ccc(CNC(=O)c3cnc4ccccc4n3)cc2)OC1c1ccc(CO)cc1. The van der Waals surface area contributed by atoms with E-state index in [9.17, 15) is 19.8 Å². The lowest BCUT2D eigenvalue weighted by Crippen LogP contribution is -2.38. The van der Waals surface area contributed by atoms with Gasteiger partial charge in [-0.15, -0.1) is 11.8 Å². The quantitative estimate of drug-likeness (QED) is 0.151. The van der Waals surface area contributed by atoms with Gasteiger partial charge >= 0.3 is 5.97 Å². The van der Waals surface area contributed by atoms with Gasteiger partial charge in [-0.1, -0.05) is 67.6 Å². The van der Waals surface area contributed by atoms with Crippen LogP contribution in [0.1, 0.15) is 62.4 Å². The number of carboxylic acids is 1. The molecule has 6 rings (SSSR count). The average Bonchev–Trinajstić information content (AvgIpc) is 3.10. The molecule has 1 aliphatic heterocycles. The van der Waals surface area contributed by atoms with Crippen molar-refractivity contribution in [1.82, 2.24) is 15.3 Å². The second-order valence-electron chi connectivity index (χ2n) is 11.1. The first-order chi connectivity index (χ1) is 22.4. The van der Waals surface area contributed by atoms with E-state index in [0.29, 0.717) is 17.8 Å². The van der Waals surface area contributed by atoms with Crippen LogP contribution in [0.2, 0.25) is 0 Å². The zero-order valence-corrected chi connectivity index (χ0v) is 25.9. The summed E-state index contributed by atoms with van der Waals surface area (Å²) in [5.41, 5.74) is 5.48. The zero-order chi connectivity index (χ0) is 32.0. The van der Waals surface area contributed by atoms with Crippen LogP contribution in [0.3, 0.4) is 0 Å². The van der Waals surface area contributed by atoms with Crippen molar-refractivity contribution in [1.29, 1.82) is 0 Å². The van der Waals surface area contributed by atoms with Crippen LogP contribution in [0.15, 0.2) is 108 Å². The minimum Gasteiger partial charge on any atom is -0.478 e. The Hall–Kier alpha value is -4.61. The van der Waals surface area contributed by atoms with Gasteiger partial charge in [0.05, 0.1) is 41.6 Å². The van der Waals surface area contributed by atoms with Gasteiger partial charge in [0, 0.05) is 28.7 Å². The third-order valence-electron chi connectivity index (χ3n) is 8.03. The zero-order valence-electron chi connectivity index (χ0n) is 25.1. The van der Waals surface area contributed by atoms with Crippen molar-refractivity contribution in [2.24, 2.45) is 5.92 Å². The number of para-hydroxylation sites is 2. The molecule has 4 aromatic carbocycles. The lowest BCUT2D eigenvalue weighted by molar-refractivity contribution is -0.268. The summed E-state index contributed by atoms with van der Waals surface area (Å²) in [4.78, 5) is 33.7. The maximum Gasteiger partial charge on any atom is 0.335 e. The summed E-state index contributed by atoms with van der Waals surface area (Å²) in [6, 6.07) is 29.8. The number of aliphatic hydroxyl groups excluding tert-OH is 1. The molecule has 0 bridgehead atoms. The topological polar surface area (TPSA) is 131 Å². The van der Waals surface area contributed by atoms with Crippen LogP contribution in [-0.4, -0.2) is 43.9 Å². The minimum absolute atomic E-state index is 0.00899. The predicted octanol–water partition coefficient (Wildman–Crippen LogP) is 6.33. The fourth-order valence-corrected chi connectivity index (χ4v) is 6.38. The number of benzene rings is 4. The molecule has 1 aliphatic rings. The van der Waals surface area contributed by atoms with E-state index in [0.717, 1.165) is 32.7 Å². The number of nitrogens with one attached hydrogen (secondary N) is 1. The lowest BCUT2D eigenvalue weighted by Gasteiger charge is -2.41. The molecule has 0 radical (unpaired) electrons. The van der Waals surface area contributed by atoms with Gasteiger partial charge in [-0.3, -0.25) is 9.78 Å². The number of carboxylic acid groups (broad SMARTS) is 1. The van der Waals surface area contributed by atoms with Crippen molar-refractivity contribution >= 4 is 34.7 Å². The number of fused-ring (bicyclic) bond motifs is 1. The normalized spacial score (nSPS) is 19.5. The second kappa shape index (κ2) is 14.2. The Morgan fingerprint density at radius 2 is 1.52 bits per heavy atom. The maximum absolute atomic E-state index is 12.8. The number of ether oxygens (including phenoxy) is 2. The monoisotopic (exact) mass is 635 g/mol. The highest BCUT2D eigenvalue weighted by atomic mass is 32.2. The average molecular weight is 636 g/mol. The number of aromatic nitrogens is 2. The molecule has 1 aromatic heterocycles. The van der Waals surface area contributed by atoms with Crippen molar-refractivity contribution in [3.05, 3.63) is 137 Å². The van der Waals surface area contributed by atoms with Crippen LogP contribution in [-0.2, 0) is 22.6 Å². The molecule has 10 heteroatoms. The number of nitrogens with zero attached hydrogens (tertiary/aromatic N) is 2. The molecular weight excluding hydrogens is 602 g/mol. The van der Waals surface area contributed by atoms with Gasteiger partial charge in [0.1, 0.15) is 5.69 Å². The van der Waals surface area contributed by atoms with Crippen molar-refractivity contribution in [2.45, 2.75) is 43.5 Å². The van der Waals surface area contributed by atoms with Crippen molar-refractivity contribution < 1.29 is 29.3 Å². The summed E-state index contributed by atoms with van der Waals surface area (Å²) in [6.07, 6.45) is 0.420. The molecular formula is C36H33N3O6S. The molecule has 0 aliphatic carbocycles. The van der Waals surface area contributed by atoms with Gasteiger partial charge < -0.3 is 25.0 Å². The Bertz CT molecular complexity index is 1820. The first-order valence-corrected chi connectivity index (χ1v) is 15.9. The number of hydrogen-bond donors (Lipinski definition) is 3. The molecule has 234 valence electrons. The van der Waals surface area contributed by atoms with E-state index in [1.54, 1.807) is 23.9 Å². The summed E-state index contributed by atoms with van der Waals surface area (Å²) in [5, 5.41) is 21.7. The van der Waals surface area contributed by atoms with E-state index >= 15 is 0 Å². The molecule has 4 atom stereocenters. The molecule has 4 unspecified atom stereocenters. The first kappa shape index (κ1) is 31.4. The van der Waals surface area contributed by atoms with Crippen LogP contribution in [0, 0.1) is 5.92 Å². The van der Waals surface area contributed by atoms with Crippen LogP contribution >= 0.6 is 11.8 Å². The highest BCUT2D eigenvalue weighted by Crippen LogP contribution is 2.43. The van der Waals surface area contributed by atoms with Gasteiger partial charge in [0.25, 0.3) is 5.91 Å². The van der Waals surface area contributed by atoms with E-state index in [1.165, 1.54) is 6.20 Å². The van der Waals surface area contributed by atoms with E-state index in [1.807, 2.05) is 84.9 Å². The standard InChI is InChI=1S/C36H33N3O6S/c1-22-32(21-46-28-16-14-26(15-17-28)35(42)43)44-36(45-33(22)25-10-8-24(20-40)9-11-25)27-12-6-23(7-13-27)18-38-34(41)31-19-37-29-4-2-3-5-30(29)39-31/h2-17,19,22,32-33,36,40H,18,20-21H2,1H3,(H,38,41)(H,42,43). The summed E-state index contributed by atoms with van der Waals surface area (Å²) in [6.45, 7) is 2.39. The third kappa shape index (κ3) is 7.27. The number of amides is 1. The number of rotatable bonds is 10. The summed E-state index contributed by atoms with van der Waals surface area (Å²) in [7, 11) is 0. The minimum atomic E-state index is -0.955. The Balaban J connectivity index is 1.15. The Kier molecular flexibility index (Phi) is 9.70. The fraction of sp³-hybridized carbons (Fsp3) is 0.222. The molecule has 46 heavy (non-hydrogen) atoms. The number of aromatic carboxylic acids is 1. The Morgan fingerprint density at radius 3 is 2.22 bits per heavy atom. The lowest BCUT2D eigenvalue weighted by atomic mass is 9.91. The van der Waals surface area contributed by atoms with Gasteiger partial charge in [-0.25, -0.2) is 9.78 Å². The number of thioether (sulfide) groups is 1. The Labute approximate surface area is 270 Å². The molecule has 1 amide bonds. The molecule has 1 fully saturated rings. The van der Waals surface area contributed by atoms with E-state index < -0.39 is 12.3 Å². The van der Waals surface area contributed by atoms with Crippen molar-refractivity contribution in [2.75, 3.05) is 5.75 Å². The van der Waals surface area contributed by atoms with Crippen LogP contribution in [0.25, 0.3) is 11.0 Å². The predicted molar refractivity (Wildman–Crippen MR) is 174 cm³/mol. The number of aliphatic hydroxyl groups is 1. The van der Waals surface area contributed by atoms with Crippen molar-refractivity contribution in [3.8, 4) is 0 Å². The molecule has 5 aromatic rings. The van der Waals surface area contributed by atoms with Crippen molar-refractivity contribution in [3.63, 3.8) is 0 Å². The van der Waals surface area contributed by atoms with Gasteiger partial charge in [-0.05, 0) is 53.1 Å². The number of carbonyl (C=O) groups is 2. The van der Waals surface area contributed by atoms with Gasteiger partial charge in [0.15, 0.2) is 6.29 Å². The van der Waals surface area contributed by atoms with E-state index in [-0.39, 0.29) is 41.9 Å². The highest BCUT2D eigenvalue weighted by molar-refractivity contribution is 7.99. The van der Waals surface area contributed by atoms with Crippen LogP contribution in [0.4, 0.5) is 0 Å². The van der Waals surface area contributed by atoms with Gasteiger partial charge in [-0.2, -0.15) is 0 Å². The fourth-order valence-electron chi connectivity index (χ4n) is 5.31. The first-order valence-electron chi connectivity index (χ1n) is 14.9. The van der Waals surface area contributed by atoms with E-state index in [2.05, 4.69) is 22.2 Å². The molecule has 2 heterocycles. The summed E-state index contributed by atoms with van der Waals surface area (Å²) < 4.78 is 13.1. The highest BCUT2D eigenvalue weighted by Gasteiger charge is 2.38. The third-order valence-corrected chi connectivity index (χ3v) is 9.13.